The molecule has 0 spiro atoms. The van der Waals surface area contributed by atoms with Crippen LogP contribution in [0.4, 0.5) is 0 Å². The van der Waals surface area contributed by atoms with Crippen LogP contribution in [-0.4, -0.2) is 75.8 Å². The van der Waals surface area contributed by atoms with Crippen molar-refractivity contribution in [1.29, 1.82) is 0 Å². The van der Waals surface area contributed by atoms with Crippen LogP contribution in [0.25, 0.3) is 12.2 Å². The summed E-state index contributed by atoms with van der Waals surface area (Å²) in [5.41, 5.74) is 1.06. The Morgan fingerprint density at radius 2 is 1.59 bits per heavy atom. The molecule has 0 aliphatic carbocycles. The van der Waals surface area contributed by atoms with Gasteiger partial charge in [0.2, 0.25) is 6.29 Å². The van der Waals surface area contributed by atoms with Crippen LogP contribution in [0.3, 0.4) is 0 Å². The second kappa shape index (κ2) is 11.1. The van der Waals surface area contributed by atoms with Crippen LogP contribution in [0.15, 0.2) is 47.4 Å². The van der Waals surface area contributed by atoms with Gasteiger partial charge in [-0.05, 0) is 35.4 Å². The summed E-state index contributed by atoms with van der Waals surface area (Å²) in [7, 11) is -4.54. The molecule has 0 saturated carbocycles. The molecule has 0 amide bonds. The number of hydrogen-bond acceptors (Lipinski definition) is 10. The Labute approximate surface area is 206 Å². The summed E-state index contributed by atoms with van der Waals surface area (Å²) in [5, 5.41) is 48.9. The van der Waals surface area contributed by atoms with Gasteiger partial charge in [0.25, 0.3) is 0 Å². The predicted molar refractivity (Wildman–Crippen MR) is 106 cm³/mol. The monoisotopic (exact) mass is 476 g/mol. The van der Waals surface area contributed by atoms with Gasteiger partial charge < -0.3 is 39.6 Å². The summed E-state index contributed by atoms with van der Waals surface area (Å²) < 4.78 is 43.7. The minimum Gasteiger partial charge on any atom is -0.744 e. The van der Waals surface area contributed by atoms with Gasteiger partial charge in [0.1, 0.15) is 46.0 Å². The topological polar surface area (TPSA) is 177 Å². The standard InChI is InChI=1S/C20H22O10S.Na/c21-10-16-17(23)18(24)19(25)20(30-16)29-14-8-12(7-13(22)9-14)2-1-11-3-5-15(6-4-11)31(26,27)28;/h1-9,16-25H,10H2,(H,26,27,28);/q;+1/p-1/b2-1+;. The van der Waals surface area contributed by atoms with Gasteiger partial charge in [-0.1, -0.05) is 24.3 Å². The van der Waals surface area contributed by atoms with E-state index in [-0.39, 0.29) is 46.0 Å². The summed E-state index contributed by atoms with van der Waals surface area (Å²) >= 11 is 0. The number of phenols is 1. The summed E-state index contributed by atoms with van der Waals surface area (Å²) in [5.74, 6) is -0.0914. The molecule has 0 radical (unpaired) electrons. The van der Waals surface area contributed by atoms with Gasteiger partial charge in [-0.25, -0.2) is 8.42 Å². The number of phenolic OH excluding ortho intramolecular Hbond substituents is 1. The largest absolute Gasteiger partial charge is 1.00 e. The van der Waals surface area contributed by atoms with E-state index in [1.54, 1.807) is 12.2 Å². The molecule has 0 bridgehead atoms. The molecule has 3 rings (SSSR count). The predicted octanol–water partition coefficient (Wildman–Crippen LogP) is -3.35. The first-order valence-corrected chi connectivity index (χ1v) is 10.5. The quantitative estimate of drug-likeness (QED) is 0.161. The molecule has 5 unspecified atom stereocenters. The molecule has 2 aromatic rings. The maximum atomic E-state index is 11.0. The second-order valence-corrected chi connectivity index (χ2v) is 8.31. The molecule has 1 heterocycles. The first kappa shape index (κ1) is 26.7. The van der Waals surface area contributed by atoms with Gasteiger partial charge >= 0.3 is 29.6 Å². The summed E-state index contributed by atoms with van der Waals surface area (Å²) in [6, 6.07) is 9.38. The van der Waals surface area contributed by atoms with E-state index in [4.69, 9.17) is 9.47 Å². The molecule has 168 valence electrons. The molecule has 1 saturated heterocycles. The molecule has 12 heteroatoms. The molecule has 0 aromatic heterocycles. The minimum absolute atomic E-state index is 0. The molecule has 1 aliphatic heterocycles. The van der Waals surface area contributed by atoms with E-state index in [2.05, 4.69) is 0 Å². The van der Waals surface area contributed by atoms with Crippen molar-refractivity contribution in [2.45, 2.75) is 35.6 Å². The number of aliphatic hydroxyl groups is 4. The van der Waals surface area contributed by atoms with Crippen molar-refractivity contribution in [2.75, 3.05) is 6.61 Å². The fourth-order valence-electron chi connectivity index (χ4n) is 3.01. The third kappa shape index (κ3) is 6.51. The number of aliphatic hydroxyl groups excluding tert-OH is 4. The number of rotatable bonds is 6. The fourth-order valence-corrected chi connectivity index (χ4v) is 3.48. The van der Waals surface area contributed by atoms with Gasteiger partial charge in [0.15, 0.2) is 0 Å². The molecule has 2 aromatic carbocycles. The Hall–Kier alpha value is -1.51. The van der Waals surface area contributed by atoms with Crippen LogP contribution in [-0.2, 0) is 14.9 Å². The van der Waals surface area contributed by atoms with E-state index in [0.29, 0.717) is 11.1 Å². The molecule has 10 nitrogen and oxygen atoms in total. The SMILES string of the molecule is O=S(=O)([O-])c1ccc(/C=C/c2cc(O)cc(OC3OC(CO)C(O)C(O)C3O)c2)cc1.[Na+]. The van der Waals surface area contributed by atoms with Crippen LogP contribution in [0.2, 0.25) is 0 Å². The smallest absolute Gasteiger partial charge is 0.744 e. The zero-order valence-electron chi connectivity index (χ0n) is 17.0. The minimum atomic E-state index is -4.54. The normalized spacial score (nSPS) is 26.0. The van der Waals surface area contributed by atoms with Crippen molar-refractivity contribution >= 4 is 22.3 Å². The second-order valence-electron chi connectivity index (χ2n) is 6.93. The van der Waals surface area contributed by atoms with E-state index < -0.39 is 47.4 Å². The molecule has 1 aliphatic rings. The molecule has 5 N–H and O–H groups in total. The first-order valence-electron chi connectivity index (χ1n) is 9.14. The van der Waals surface area contributed by atoms with Crippen molar-refractivity contribution in [2.24, 2.45) is 0 Å². The van der Waals surface area contributed by atoms with E-state index in [1.165, 1.54) is 42.5 Å². The number of benzene rings is 2. The molecular weight excluding hydrogens is 455 g/mol. The maximum Gasteiger partial charge on any atom is 1.00 e. The molecule has 1 fully saturated rings. The zero-order valence-corrected chi connectivity index (χ0v) is 19.8. The van der Waals surface area contributed by atoms with E-state index in [9.17, 15) is 38.5 Å². The Balaban J connectivity index is 0.00000363. The Kier molecular flexibility index (Phi) is 9.25. The molecular formula is C20H21NaO10S. The Morgan fingerprint density at radius 1 is 0.969 bits per heavy atom. The number of aromatic hydroxyl groups is 1. The van der Waals surface area contributed by atoms with Gasteiger partial charge in [-0.15, -0.1) is 0 Å². The number of hydrogen-bond donors (Lipinski definition) is 5. The maximum absolute atomic E-state index is 11.0. The van der Waals surface area contributed by atoms with Crippen LogP contribution in [0, 0.1) is 0 Å². The van der Waals surface area contributed by atoms with Crippen LogP contribution < -0.4 is 34.3 Å². The zero-order chi connectivity index (χ0) is 22.8. The average Bonchev–Trinajstić information content (AvgIpc) is 2.72. The van der Waals surface area contributed by atoms with Crippen molar-refractivity contribution in [3.8, 4) is 11.5 Å². The Bertz CT molecular complexity index is 1040. The fraction of sp³-hybridized carbons (Fsp3) is 0.300. The van der Waals surface area contributed by atoms with Crippen molar-refractivity contribution in [3.63, 3.8) is 0 Å². The van der Waals surface area contributed by atoms with Crippen LogP contribution in [0.5, 0.6) is 11.5 Å². The van der Waals surface area contributed by atoms with Gasteiger partial charge in [0, 0.05) is 6.07 Å². The van der Waals surface area contributed by atoms with Crippen molar-refractivity contribution in [1.82, 2.24) is 0 Å². The summed E-state index contributed by atoms with van der Waals surface area (Å²) in [6.45, 7) is -0.606. The Morgan fingerprint density at radius 3 is 2.19 bits per heavy atom. The van der Waals surface area contributed by atoms with E-state index in [1.807, 2.05) is 0 Å². The van der Waals surface area contributed by atoms with Gasteiger partial charge in [-0.3, -0.25) is 0 Å². The van der Waals surface area contributed by atoms with Gasteiger partial charge in [0.05, 0.1) is 11.5 Å². The van der Waals surface area contributed by atoms with E-state index in [0.717, 1.165) is 0 Å². The first-order chi connectivity index (χ1) is 14.6. The third-order valence-electron chi connectivity index (χ3n) is 4.65. The molecule has 5 atom stereocenters. The van der Waals surface area contributed by atoms with Crippen LogP contribution in [0.1, 0.15) is 11.1 Å². The van der Waals surface area contributed by atoms with E-state index >= 15 is 0 Å². The molecule has 32 heavy (non-hydrogen) atoms. The van der Waals surface area contributed by atoms with Gasteiger partial charge in [-0.2, -0.15) is 0 Å². The van der Waals surface area contributed by atoms with Crippen molar-refractivity contribution in [3.05, 3.63) is 53.6 Å². The summed E-state index contributed by atoms with van der Waals surface area (Å²) in [4.78, 5) is -0.350. The van der Waals surface area contributed by atoms with Crippen molar-refractivity contribution < 1.29 is 77.5 Å². The summed E-state index contributed by atoms with van der Waals surface area (Å²) in [6.07, 6.45) is -4.08. The van der Waals surface area contributed by atoms with Crippen LogP contribution >= 0.6 is 0 Å². The number of ether oxygens (including phenoxy) is 2. The average molecular weight is 476 g/mol. The third-order valence-corrected chi connectivity index (χ3v) is 5.50.